The van der Waals surface area contributed by atoms with Crippen LogP contribution in [-0.4, -0.2) is 11.7 Å². The van der Waals surface area contributed by atoms with Gasteiger partial charge in [0.25, 0.3) is 0 Å². The van der Waals surface area contributed by atoms with Gasteiger partial charge in [0.2, 0.25) is 0 Å². The molecule has 0 aliphatic rings. The predicted octanol–water partition coefficient (Wildman–Crippen LogP) is 3.93. The van der Waals surface area contributed by atoms with Crippen LogP contribution in [-0.2, 0) is 6.54 Å². The maximum atomic E-state index is 9.65. The lowest BCUT2D eigenvalue weighted by molar-refractivity contribution is 0.318. The summed E-state index contributed by atoms with van der Waals surface area (Å²) < 4.78 is 5.34. The highest BCUT2D eigenvalue weighted by Crippen LogP contribution is 2.27. The Morgan fingerprint density at radius 2 is 2.10 bits per heavy atom. The average Bonchev–Trinajstić information content (AvgIpc) is 2.49. The SMILES string of the molecule is CCOc1cc(CNc2ccc(Cl)c(C#N)c2)ccc1O. The first-order chi connectivity index (χ1) is 10.1. The van der Waals surface area contributed by atoms with Crippen LogP contribution in [0.15, 0.2) is 36.4 Å². The molecule has 4 nitrogen and oxygen atoms in total. The van der Waals surface area contributed by atoms with Crippen LogP contribution >= 0.6 is 11.6 Å². The Labute approximate surface area is 128 Å². The number of nitrogens with one attached hydrogen (secondary N) is 1. The molecule has 0 aliphatic carbocycles. The Bertz CT molecular complexity index is 680. The zero-order valence-electron chi connectivity index (χ0n) is 11.6. The van der Waals surface area contributed by atoms with Crippen LogP contribution in [0.2, 0.25) is 5.02 Å². The number of benzene rings is 2. The van der Waals surface area contributed by atoms with Gasteiger partial charge in [-0.3, -0.25) is 0 Å². The molecule has 0 spiro atoms. The lowest BCUT2D eigenvalue weighted by Gasteiger charge is -2.10. The zero-order valence-corrected chi connectivity index (χ0v) is 12.3. The number of nitrogens with zero attached hydrogens (tertiary/aromatic N) is 1. The molecular formula is C16H15ClN2O2. The van der Waals surface area contributed by atoms with Gasteiger partial charge in [-0.2, -0.15) is 5.26 Å². The van der Waals surface area contributed by atoms with Crippen LogP contribution in [0.4, 0.5) is 5.69 Å². The fourth-order valence-electron chi connectivity index (χ4n) is 1.86. The first-order valence-electron chi connectivity index (χ1n) is 6.52. The Balaban J connectivity index is 2.09. The molecule has 2 aromatic rings. The molecule has 0 heterocycles. The largest absolute Gasteiger partial charge is 0.504 e. The monoisotopic (exact) mass is 302 g/mol. The number of hydrogen-bond donors (Lipinski definition) is 2. The van der Waals surface area contributed by atoms with Gasteiger partial charge in [0.15, 0.2) is 11.5 Å². The minimum absolute atomic E-state index is 0.124. The first-order valence-corrected chi connectivity index (χ1v) is 6.90. The maximum Gasteiger partial charge on any atom is 0.161 e. The molecule has 108 valence electrons. The van der Waals surface area contributed by atoms with Crippen molar-refractivity contribution in [1.29, 1.82) is 5.26 Å². The van der Waals surface area contributed by atoms with E-state index in [4.69, 9.17) is 21.6 Å². The first kappa shape index (κ1) is 15.0. The van der Waals surface area contributed by atoms with Gasteiger partial charge in [0, 0.05) is 12.2 Å². The average molecular weight is 303 g/mol. The summed E-state index contributed by atoms with van der Waals surface area (Å²) in [5.41, 5.74) is 2.20. The van der Waals surface area contributed by atoms with Gasteiger partial charge in [-0.1, -0.05) is 17.7 Å². The minimum atomic E-state index is 0.124. The number of anilines is 1. The van der Waals surface area contributed by atoms with Gasteiger partial charge < -0.3 is 15.2 Å². The Kier molecular flexibility index (Phi) is 4.91. The number of hydrogen-bond acceptors (Lipinski definition) is 4. The Morgan fingerprint density at radius 1 is 1.29 bits per heavy atom. The number of phenols is 1. The molecule has 0 saturated heterocycles. The summed E-state index contributed by atoms with van der Waals surface area (Å²) in [5.74, 6) is 0.587. The van der Waals surface area contributed by atoms with Gasteiger partial charge >= 0.3 is 0 Å². The lowest BCUT2D eigenvalue weighted by atomic mass is 10.1. The van der Waals surface area contributed by atoms with E-state index in [-0.39, 0.29) is 5.75 Å². The van der Waals surface area contributed by atoms with E-state index in [1.165, 1.54) is 0 Å². The second-order valence-electron chi connectivity index (χ2n) is 4.40. The molecule has 2 aromatic carbocycles. The molecule has 0 fully saturated rings. The summed E-state index contributed by atoms with van der Waals surface area (Å²) in [7, 11) is 0. The molecule has 0 amide bonds. The van der Waals surface area contributed by atoms with Gasteiger partial charge in [-0.25, -0.2) is 0 Å². The Morgan fingerprint density at radius 3 is 2.81 bits per heavy atom. The van der Waals surface area contributed by atoms with Crippen LogP contribution in [0.1, 0.15) is 18.1 Å². The van der Waals surface area contributed by atoms with E-state index in [0.29, 0.717) is 29.5 Å². The topological polar surface area (TPSA) is 65.3 Å². The van der Waals surface area contributed by atoms with E-state index < -0.39 is 0 Å². The summed E-state index contributed by atoms with van der Waals surface area (Å²) in [6.07, 6.45) is 0. The van der Waals surface area contributed by atoms with E-state index in [2.05, 4.69) is 5.32 Å². The number of ether oxygens (including phenoxy) is 1. The minimum Gasteiger partial charge on any atom is -0.504 e. The van der Waals surface area contributed by atoms with Gasteiger partial charge in [-0.05, 0) is 42.8 Å². The molecule has 21 heavy (non-hydrogen) atoms. The number of rotatable bonds is 5. The molecular weight excluding hydrogens is 288 g/mol. The van der Waals surface area contributed by atoms with Crippen molar-refractivity contribution in [2.24, 2.45) is 0 Å². The fraction of sp³-hybridized carbons (Fsp3) is 0.188. The number of phenolic OH excluding ortho intramolecular Hbond substituents is 1. The third-order valence-electron chi connectivity index (χ3n) is 2.91. The summed E-state index contributed by atoms with van der Waals surface area (Å²) in [6.45, 7) is 2.90. The van der Waals surface area contributed by atoms with E-state index >= 15 is 0 Å². The third kappa shape index (κ3) is 3.80. The quantitative estimate of drug-likeness (QED) is 0.878. The highest BCUT2D eigenvalue weighted by Gasteiger charge is 2.05. The molecule has 5 heteroatoms. The van der Waals surface area contributed by atoms with Crippen molar-refractivity contribution in [2.45, 2.75) is 13.5 Å². The maximum absolute atomic E-state index is 9.65. The van der Waals surface area contributed by atoms with Gasteiger partial charge in [0.1, 0.15) is 6.07 Å². The smallest absolute Gasteiger partial charge is 0.161 e. The van der Waals surface area contributed by atoms with Gasteiger partial charge in [0.05, 0.1) is 17.2 Å². The predicted molar refractivity (Wildman–Crippen MR) is 82.8 cm³/mol. The van der Waals surface area contributed by atoms with Crippen LogP contribution in [0.25, 0.3) is 0 Å². The Hall–Kier alpha value is -2.38. The normalized spacial score (nSPS) is 9.95. The summed E-state index contributed by atoms with van der Waals surface area (Å²) in [6, 6.07) is 12.4. The lowest BCUT2D eigenvalue weighted by Crippen LogP contribution is -2.01. The summed E-state index contributed by atoms with van der Waals surface area (Å²) in [4.78, 5) is 0. The van der Waals surface area contributed by atoms with Crippen LogP contribution in [0.5, 0.6) is 11.5 Å². The van der Waals surface area contributed by atoms with Crippen molar-refractivity contribution in [3.8, 4) is 17.6 Å². The molecule has 0 aliphatic heterocycles. The van der Waals surface area contributed by atoms with Crippen LogP contribution in [0.3, 0.4) is 0 Å². The van der Waals surface area contributed by atoms with E-state index in [1.54, 1.807) is 24.3 Å². The van der Waals surface area contributed by atoms with E-state index in [0.717, 1.165) is 11.3 Å². The van der Waals surface area contributed by atoms with Crippen molar-refractivity contribution in [2.75, 3.05) is 11.9 Å². The van der Waals surface area contributed by atoms with Crippen molar-refractivity contribution in [1.82, 2.24) is 0 Å². The summed E-state index contributed by atoms with van der Waals surface area (Å²) >= 11 is 5.89. The molecule has 2 N–H and O–H groups in total. The van der Waals surface area contributed by atoms with Crippen molar-refractivity contribution < 1.29 is 9.84 Å². The van der Waals surface area contributed by atoms with Crippen molar-refractivity contribution >= 4 is 17.3 Å². The molecule has 0 atom stereocenters. The molecule has 0 aromatic heterocycles. The highest BCUT2D eigenvalue weighted by atomic mass is 35.5. The number of aromatic hydroxyl groups is 1. The van der Waals surface area contributed by atoms with E-state index in [1.807, 2.05) is 25.1 Å². The second-order valence-corrected chi connectivity index (χ2v) is 4.80. The molecule has 0 radical (unpaired) electrons. The van der Waals surface area contributed by atoms with Crippen molar-refractivity contribution in [3.05, 3.63) is 52.5 Å². The fourth-order valence-corrected chi connectivity index (χ4v) is 2.02. The highest BCUT2D eigenvalue weighted by molar-refractivity contribution is 6.31. The molecule has 0 bridgehead atoms. The number of halogens is 1. The second kappa shape index (κ2) is 6.87. The standard InChI is InChI=1S/C16H15ClN2O2/c1-2-21-16-7-11(3-6-15(16)20)10-19-13-4-5-14(17)12(8-13)9-18/h3-8,19-20H,2,10H2,1H3. The van der Waals surface area contributed by atoms with E-state index in [9.17, 15) is 5.11 Å². The third-order valence-corrected chi connectivity index (χ3v) is 3.24. The van der Waals surface area contributed by atoms with Crippen LogP contribution < -0.4 is 10.1 Å². The molecule has 2 rings (SSSR count). The molecule has 0 unspecified atom stereocenters. The zero-order chi connectivity index (χ0) is 15.2. The number of nitriles is 1. The van der Waals surface area contributed by atoms with Crippen molar-refractivity contribution in [3.63, 3.8) is 0 Å². The van der Waals surface area contributed by atoms with Crippen LogP contribution in [0, 0.1) is 11.3 Å². The molecule has 0 saturated carbocycles. The van der Waals surface area contributed by atoms with Gasteiger partial charge in [-0.15, -0.1) is 0 Å². The summed E-state index contributed by atoms with van der Waals surface area (Å²) in [5, 5.41) is 22.2.